The largest absolute Gasteiger partial charge is 0.352 e. The third kappa shape index (κ3) is 3.90. The average Bonchev–Trinajstić information content (AvgIpc) is 3.34. The average molecular weight is 339 g/mol. The van der Waals surface area contributed by atoms with E-state index in [4.69, 9.17) is 4.98 Å². The van der Waals surface area contributed by atoms with E-state index in [-0.39, 0.29) is 5.91 Å². The Balaban J connectivity index is 1.35. The summed E-state index contributed by atoms with van der Waals surface area (Å²) < 4.78 is 2.22. The van der Waals surface area contributed by atoms with Gasteiger partial charge < -0.3 is 9.88 Å². The smallest absolute Gasteiger partial charge is 0.226 e. The van der Waals surface area contributed by atoms with Gasteiger partial charge in [0.1, 0.15) is 5.82 Å². The Kier molecular flexibility index (Phi) is 4.53. The summed E-state index contributed by atoms with van der Waals surface area (Å²) in [6, 6.07) is 4.17. The van der Waals surface area contributed by atoms with Crippen LogP contribution in [-0.2, 0) is 24.3 Å². The summed E-state index contributed by atoms with van der Waals surface area (Å²) in [6.45, 7) is 5.97. The second-order valence-electron chi connectivity index (χ2n) is 7.21. The van der Waals surface area contributed by atoms with Crippen LogP contribution in [0.2, 0.25) is 0 Å². The maximum Gasteiger partial charge on any atom is 0.226 e. The van der Waals surface area contributed by atoms with E-state index in [9.17, 15) is 4.79 Å². The van der Waals surface area contributed by atoms with Gasteiger partial charge in [-0.05, 0) is 37.3 Å². The van der Waals surface area contributed by atoms with Crippen LogP contribution in [0.3, 0.4) is 0 Å². The van der Waals surface area contributed by atoms with Gasteiger partial charge >= 0.3 is 0 Å². The molecule has 6 heteroatoms. The topological polar surface area (TPSA) is 63.1 Å². The second kappa shape index (κ2) is 6.96. The van der Waals surface area contributed by atoms with Crippen molar-refractivity contribution in [1.82, 2.24) is 24.8 Å². The first-order valence-electron chi connectivity index (χ1n) is 9.14. The fourth-order valence-corrected chi connectivity index (χ4v) is 3.49. The number of aromatic nitrogens is 3. The number of fused-ring (bicyclic) bond motifs is 1. The highest BCUT2D eigenvalue weighted by Gasteiger charge is 2.31. The molecule has 1 aliphatic heterocycles. The fraction of sp³-hybridized carbons (Fsp3) is 0.526. The highest BCUT2D eigenvalue weighted by atomic mass is 16.1. The van der Waals surface area contributed by atoms with Crippen LogP contribution in [0.5, 0.6) is 0 Å². The number of imidazole rings is 1. The molecule has 4 rings (SSSR count). The molecule has 25 heavy (non-hydrogen) atoms. The van der Waals surface area contributed by atoms with Gasteiger partial charge in [-0.1, -0.05) is 6.07 Å². The predicted molar refractivity (Wildman–Crippen MR) is 94.7 cm³/mol. The lowest BCUT2D eigenvalue weighted by Crippen LogP contribution is -2.38. The highest BCUT2D eigenvalue weighted by molar-refractivity contribution is 5.78. The van der Waals surface area contributed by atoms with E-state index in [1.54, 1.807) is 12.4 Å². The Bertz CT molecular complexity index is 738. The zero-order valence-electron chi connectivity index (χ0n) is 14.7. The van der Waals surface area contributed by atoms with Crippen molar-refractivity contribution in [2.45, 2.75) is 45.3 Å². The molecule has 2 aliphatic rings. The van der Waals surface area contributed by atoms with E-state index in [0.29, 0.717) is 19.0 Å². The van der Waals surface area contributed by atoms with Gasteiger partial charge in [0.05, 0.1) is 18.2 Å². The molecular formula is C19H25N5O. The van der Waals surface area contributed by atoms with Gasteiger partial charge in [0, 0.05) is 44.8 Å². The SMILES string of the molecule is C[C@H]1c2nc(CC(=O)NCc3cccnc3)cn2CCN1CC1CC1. The van der Waals surface area contributed by atoms with Gasteiger partial charge in [0.25, 0.3) is 0 Å². The van der Waals surface area contributed by atoms with Crippen molar-refractivity contribution >= 4 is 5.91 Å². The van der Waals surface area contributed by atoms with E-state index in [1.807, 2.05) is 18.3 Å². The lowest BCUT2D eigenvalue weighted by atomic mass is 10.2. The Hall–Kier alpha value is -2.21. The molecule has 1 N–H and O–H groups in total. The number of amides is 1. The molecule has 1 amide bonds. The number of carbonyl (C=O) groups is 1. The van der Waals surface area contributed by atoms with Crippen LogP contribution >= 0.6 is 0 Å². The first-order valence-corrected chi connectivity index (χ1v) is 9.14. The Morgan fingerprint density at radius 3 is 3.00 bits per heavy atom. The molecule has 0 bridgehead atoms. The summed E-state index contributed by atoms with van der Waals surface area (Å²) in [6.07, 6.45) is 8.62. The summed E-state index contributed by atoms with van der Waals surface area (Å²) in [5.74, 6) is 1.99. The fourth-order valence-electron chi connectivity index (χ4n) is 3.49. The van der Waals surface area contributed by atoms with E-state index in [2.05, 4.69) is 26.7 Å². The maximum atomic E-state index is 12.2. The van der Waals surface area contributed by atoms with E-state index in [0.717, 1.165) is 36.1 Å². The number of rotatable bonds is 6. The summed E-state index contributed by atoms with van der Waals surface area (Å²) in [7, 11) is 0. The van der Waals surface area contributed by atoms with Gasteiger partial charge in [-0.3, -0.25) is 14.7 Å². The predicted octanol–water partition coefficient (Wildman–Crippen LogP) is 1.92. The molecule has 0 aromatic carbocycles. The van der Waals surface area contributed by atoms with Gasteiger partial charge in [-0.2, -0.15) is 0 Å². The number of hydrogen-bond acceptors (Lipinski definition) is 4. The highest BCUT2D eigenvalue weighted by Crippen LogP contribution is 2.33. The Labute approximate surface area is 148 Å². The first-order chi connectivity index (χ1) is 12.2. The van der Waals surface area contributed by atoms with Gasteiger partial charge in [-0.15, -0.1) is 0 Å². The van der Waals surface area contributed by atoms with Crippen molar-refractivity contribution in [3.8, 4) is 0 Å². The van der Waals surface area contributed by atoms with E-state index >= 15 is 0 Å². The molecule has 3 heterocycles. The van der Waals surface area contributed by atoms with Crippen LogP contribution in [0.15, 0.2) is 30.7 Å². The minimum atomic E-state index is 0.00166. The standard InChI is InChI=1S/C19H25N5O/c1-14-19-22-17(9-18(25)21-11-16-3-2-6-20-10-16)13-24(19)8-7-23(14)12-15-4-5-15/h2-3,6,10,13-15H,4-5,7-9,11-12H2,1H3,(H,21,25)/t14-/m0/s1. The molecule has 6 nitrogen and oxygen atoms in total. The van der Waals surface area contributed by atoms with Crippen molar-refractivity contribution < 1.29 is 4.79 Å². The molecule has 1 aliphatic carbocycles. The molecule has 1 atom stereocenters. The molecule has 0 saturated heterocycles. The summed E-state index contributed by atoms with van der Waals surface area (Å²) in [5, 5.41) is 2.94. The van der Waals surface area contributed by atoms with Crippen LogP contribution in [-0.4, -0.2) is 38.4 Å². The molecule has 2 aromatic rings. The molecule has 0 unspecified atom stereocenters. The molecule has 0 radical (unpaired) electrons. The Morgan fingerprint density at radius 2 is 2.24 bits per heavy atom. The van der Waals surface area contributed by atoms with Crippen LogP contribution < -0.4 is 5.32 Å². The van der Waals surface area contributed by atoms with Crippen LogP contribution in [0.4, 0.5) is 0 Å². The van der Waals surface area contributed by atoms with Crippen LogP contribution in [0, 0.1) is 5.92 Å². The zero-order valence-corrected chi connectivity index (χ0v) is 14.7. The molecule has 132 valence electrons. The molecular weight excluding hydrogens is 314 g/mol. The van der Waals surface area contributed by atoms with Crippen molar-refractivity contribution in [1.29, 1.82) is 0 Å². The third-order valence-electron chi connectivity index (χ3n) is 5.15. The van der Waals surface area contributed by atoms with Gasteiger partial charge in [0.15, 0.2) is 0 Å². The van der Waals surface area contributed by atoms with Crippen molar-refractivity contribution in [2.75, 3.05) is 13.1 Å². The second-order valence-corrected chi connectivity index (χ2v) is 7.21. The zero-order chi connectivity index (χ0) is 17.2. The molecule has 1 saturated carbocycles. The van der Waals surface area contributed by atoms with Crippen molar-refractivity contribution in [3.05, 3.63) is 47.8 Å². The van der Waals surface area contributed by atoms with Gasteiger partial charge in [0.2, 0.25) is 5.91 Å². The molecule has 0 spiro atoms. The molecule has 1 fully saturated rings. The Morgan fingerprint density at radius 1 is 1.36 bits per heavy atom. The van der Waals surface area contributed by atoms with E-state index < -0.39 is 0 Å². The third-order valence-corrected chi connectivity index (χ3v) is 5.15. The lowest BCUT2D eigenvalue weighted by Gasteiger charge is -2.33. The first kappa shape index (κ1) is 16.3. The van der Waals surface area contributed by atoms with Crippen LogP contribution in [0.25, 0.3) is 0 Å². The molecule has 2 aromatic heterocycles. The van der Waals surface area contributed by atoms with Crippen molar-refractivity contribution in [2.24, 2.45) is 5.92 Å². The summed E-state index contributed by atoms with van der Waals surface area (Å²) in [5.41, 5.74) is 1.86. The maximum absolute atomic E-state index is 12.2. The minimum Gasteiger partial charge on any atom is -0.352 e. The van der Waals surface area contributed by atoms with E-state index in [1.165, 1.54) is 19.4 Å². The number of pyridine rings is 1. The summed E-state index contributed by atoms with van der Waals surface area (Å²) >= 11 is 0. The summed E-state index contributed by atoms with van der Waals surface area (Å²) in [4.78, 5) is 23.6. The minimum absolute atomic E-state index is 0.00166. The monoisotopic (exact) mass is 339 g/mol. The normalized spacial score (nSPS) is 20.3. The van der Waals surface area contributed by atoms with Crippen molar-refractivity contribution in [3.63, 3.8) is 0 Å². The number of hydrogen-bond donors (Lipinski definition) is 1. The number of carbonyl (C=O) groups excluding carboxylic acids is 1. The lowest BCUT2D eigenvalue weighted by molar-refractivity contribution is -0.120. The quantitative estimate of drug-likeness (QED) is 0.873. The van der Waals surface area contributed by atoms with Crippen LogP contribution in [0.1, 0.15) is 42.9 Å². The van der Waals surface area contributed by atoms with Gasteiger partial charge in [-0.25, -0.2) is 4.98 Å². The number of nitrogens with one attached hydrogen (secondary N) is 1. The number of nitrogens with zero attached hydrogens (tertiary/aromatic N) is 4.